The molecule has 2 bridgehead atoms. The summed E-state index contributed by atoms with van der Waals surface area (Å²) in [6.07, 6.45) is 7.76. The molecular formula is C14H19BrN2. The van der Waals surface area contributed by atoms with E-state index < -0.39 is 0 Å². The number of hydrogen-bond donors (Lipinski definition) is 1. The number of fused-ring (bicyclic) bond motifs is 2. The van der Waals surface area contributed by atoms with Crippen LogP contribution in [-0.4, -0.2) is 11.5 Å². The Morgan fingerprint density at radius 1 is 1.41 bits per heavy atom. The van der Waals surface area contributed by atoms with Crippen molar-refractivity contribution in [3.63, 3.8) is 0 Å². The van der Waals surface area contributed by atoms with Crippen molar-refractivity contribution >= 4 is 21.7 Å². The fraction of sp³-hybridized carbons (Fsp3) is 0.643. The minimum Gasteiger partial charge on any atom is -0.370 e. The van der Waals surface area contributed by atoms with Gasteiger partial charge in [-0.25, -0.2) is 4.98 Å². The maximum atomic E-state index is 4.40. The maximum absolute atomic E-state index is 4.40. The van der Waals surface area contributed by atoms with Crippen molar-refractivity contribution < 1.29 is 0 Å². The highest BCUT2D eigenvalue weighted by atomic mass is 79.9. The lowest BCUT2D eigenvalue weighted by Gasteiger charge is -2.22. The van der Waals surface area contributed by atoms with Gasteiger partial charge in [0.15, 0.2) is 0 Å². The lowest BCUT2D eigenvalue weighted by atomic mass is 9.89. The standard InChI is InChI=1S/C14H19BrN2/c1-9-4-14(17-8-13(9)15)16-7-12-6-10-2-3-11(12)5-10/h4,8,10-12H,2-3,5-7H2,1H3,(H,16,17). The second-order valence-corrected chi connectivity index (χ2v) is 6.49. The zero-order chi connectivity index (χ0) is 11.8. The van der Waals surface area contributed by atoms with Gasteiger partial charge in [0.1, 0.15) is 5.82 Å². The molecule has 2 saturated carbocycles. The quantitative estimate of drug-likeness (QED) is 0.911. The van der Waals surface area contributed by atoms with Crippen LogP contribution in [0.2, 0.25) is 0 Å². The van der Waals surface area contributed by atoms with Crippen molar-refractivity contribution in [2.75, 3.05) is 11.9 Å². The first kappa shape index (κ1) is 11.5. The second kappa shape index (κ2) is 4.60. The Balaban J connectivity index is 1.59. The minimum atomic E-state index is 0.888. The van der Waals surface area contributed by atoms with Crippen molar-refractivity contribution in [1.29, 1.82) is 0 Å². The molecular weight excluding hydrogens is 276 g/mol. The van der Waals surface area contributed by atoms with E-state index in [1.54, 1.807) is 0 Å². The molecule has 1 heterocycles. The van der Waals surface area contributed by atoms with Crippen molar-refractivity contribution in [1.82, 2.24) is 4.98 Å². The molecule has 0 radical (unpaired) electrons. The van der Waals surface area contributed by atoms with E-state index in [4.69, 9.17) is 0 Å². The molecule has 2 nitrogen and oxygen atoms in total. The van der Waals surface area contributed by atoms with Gasteiger partial charge in [-0.1, -0.05) is 6.42 Å². The third-order valence-corrected chi connectivity index (χ3v) is 5.31. The van der Waals surface area contributed by atoms with Gasteiger partial charge in [0.2, 0.25) is 0 Å². The molecule has 1 aromatic rings. The normalized spacial score (nSPS) is 30.8. The highest BCUT2D eigenvalue weighted by Gasteiger charge is 2.38. The molecule has 2 fully saturated rings. The molecule has 92 valence electrons. The number of nitrogens with one attached hydrogen (secondary N) is 1. The summed E-state index contributed by atoms with van der Waals surface area (Å²) in [7, 11) is 0. The molecule has 2 aliphatic carbocycles. The third-order valence-electron chi connectivity index (χ3n) is 4.48. The molecule has 3 unspecified atom stereocenters. The van der Waals surface area contributed by atoms with Gasteiger partial charge >= 0.3 is 0 Å². The summed E-state index contributed by atoms with van der Waals surface area (Å²) < 4.78 is 1.09. The van der Waals surface area contributed by atoms with E-state index in [-0.39, 0.29) is 0 Å². The molecule has 3 atom stereocenters. The molecule has 0 spiro atoms. The van der Waals surface area contributed by atoms with Crippen LogP contribution >= 0.6 is 15.9 Å². The summed E-state index contributed by atoms with van der Waals surface area (Å²) in [6, 6.07) is 2.12. The van der Waals surface area contributed by atoms with Crippen molar-refractivity contribution in [2.24, 2.45) is 17.8 Å². The lowest BCUT2D eigenvalue weighted by molar-refractivity contribution is 0.348. The van der Waals surface area contributed by atoms with Gasteiger partial charge < -0.3 is 5.32 Å². The number of aromatic nitrogens is 1. The van der Waals surface area contributed by atoms with E-state index in [9.17, 15) is 0 Å². The molecule has 0 aliphatic heterocycles. The fourth-order valence-electron chi connectivity index (χ4n) is 3.50. The van der Waals surface area contributed by atoms with Gasteiger partial charge in [0.25, 0.3) is 0 Å². The number of halogens is 1. The van der Waals surface area contributed by atoms with Crippen LogP contribution in [0.1, 0.15) is 31.2 Å². The summed E-state index contributed by atoms with van der Waals surface area (Å²) >= 11 is 3.48. The highest BCUT2D eigenvalue weighted by Crippen LogP contribution is 2.48. The van der Waals surface area contributed by atoms with Gasteiger partial charge in [-0.2, -0.15) is 0 Å². The number of aryl methyl sites for hydroxylation is 1. The molecule has 0 amide bonds. The third kappa shape index (κ3) is 2.35. The lowest BCUT2D eigenvalue weighted by Crippen LogP contribution is -2.20. The Bertz CT molecular complexity index is 419. The maximum Gasteiger partial charge on any atom is 0.126 e. The monoisotopic (exact) mass is 294 g/mol. The van der Waals surface area contributed by atoms with Crippen molar-refractivity contribution in [2.45, 2.75) is 32.6 Å². The molecule has 0 saturated heterocycles. The average molecular weight is 295 g/mol. The molecule has 1 aromatic heterocycles. The topological polar surface area (TPSA) is 24.9 Å². The van der Waals surface area contributed by atoms with Crippen LogP contribution in [0.3, 0.4) is 0 Å². The van der Waals surface area contributed by atoms with E-state index in [1.807, 2.05) is 6.20 Å². The summed E-state index contributed by atoms with van der Waals surface area (Å²) in [5.74, 6) is 3.93. The Hall–Kier alpha value is -0.570. The van der Waals surface area contributed by atoms with Crippen molar-refractivity contribution in [3.8, 4) is 0 Å². The second-order valence-electron chi connectivity index (χ2n) is 5.63. The molecule has 17 heavy (non-hydrogen) atoms. The predicted molar refractivity (Wildman–Crippen MR) is 74.1 cm³/mol. The number of hydrogen-bond acceptors (Lipinski definition) is 2. The average Bonchev–Trinajstić information content (AvgIpc) is 2.92. The smallest absolute Gasteiger partial charge is 0.126 e. The Morgan fingerprint density at radius 2 is 2.29 bits per heavy atom. The van der Waals surface area contributed by atoms with Gasteiger partial charge in [-0.05, 0) is 71.5 Å². The van der Waals surface area contributed by atoms with Gasteiger partial charge in [0, 0.05) is 17.2 Å². The van der Waals surface area contributed by atoms with E-state index in [0.717, 1.165) is 34.6 Å². The number of anilines is 1. The van der Waals surface area contributed by atoms with Crippen molar-refractivity contribution in [3.05, 3.63) is 22.3 Å². The first-order valence-electron chi connectivity index (χ1n) is 6.58. The number of pyridine rings is 1. The van der Waals surface area contributed by atoms with Crippen LogP contribution in [0, 0.1) is 24.7 Å². The molecule has 2 aliphatic rings. The Labute approximate surface area is 111 Å². The predicted octanol–water partition coefficient (Wildman–Crippen LogP) is 4.00. The molecule has 3 heteroatoms. The van der Waals surface area contributed by atoms with E-state index >= 15 is 0 Å². The van der Waals surface area contributed by atoms with Crippen LogP contribution in [0.5, 0.6) is 0 Å². The van der Waals surface area contributed by atoms with E-state index in [2.05, 4.69) is 39.2 Å². The summed E-state index contributed by atoms with van der Waals surface area (Å²) in [5.41, 5.74) is 1.25. The molecule has 3 rings (SSSR count). The zero-order valence-electron chi connectivity index (χ0n) is 10.2. The van der Waals surface area contributed by atoms with Crippen LogP contribution in [0.15, 0.2) is 16.7 Å². The summed E-state index contributed by atoms with van der Waals surface area (Å²) in [4.78, 5) is 4.40. The minimum absolute atomic E-state index is 0.888. The van der Waals surface area contributed by atoms with E-state index in [1.165, 1.54) is 31.2 Å². The van der Waals surface area contributed by atoms with Gasteiger partial charge in [-0.3, -0.25) is 0 Å². The zero-order valence-corrected chi connectivity index (χ0v) is 11.8. The number of rotatable bonds is 3. The molecule has 0 aromatic carbocycles. The SMILES string of the molecule is Cc1cc(NCC2CC3CCC2C3)ncc1Br. The highest BCUT2D eigenvalue weighted by molar-refractivity contribution is 9.10. The fourth-order valence-corrected chi connectivity index (χ4v) is 3.71. The number of nitrogens with zero attached hydrogens (tertiary/aromatic N) is 1. The van der Waals surface area contributed by atoms with Crippen LogP contribution in [0.25, 0.3) is 0 Å². The van der Waals surface area contributed by atoms with Crippen LogP contribution < -0.4 is 5.32 Å². The van der Waals surface area contributed by atoms with Crippen LogP contribution in [0.4, 0.5) is 5.82 Å². The molecule has 1 N–H and O–H groups in total. The Kier molecular flexibility index (Phi) is 3.12. The Morgan fingerprint density at radius 3 is 2.94 bits per heavy atom. The van der Waals surface area contributed by atoms with Gasteiger partial charge in [-0.15, -0.1) is 0 Å². The van der Waals surface area contributed by atoms with Gasteiger partial charge in [0.05, 0.1) is 0 Å². The first-order chi connectivity index (χ1) is 8.22. The van der Waals surface area contributed by atoms with E-state index in [0.29, 0.717) is 0 Å². The van der Waals surface area contributed by atoms with Crippen LogP contribution in [-0.2, 0) is 0 Å². The summed E-state index contributed by atoms with van der Waals surface area (Å²) in [6.45, 7) is 3.21. The first-order valence-corrected chi connectivity index (χ1v) is 7.37. The largest absolute Gasteiger partial charge is 0.370 e. The summed E-state index contributed by atoms with van der Waals surface area (Å²) in [5, 5.41) is 3.51.